The number of aliphatic hydroxyl groups is 2. The first-order valence-corrected chi connectivity index (χ1v) is 8.35. The number of imidazole rings is 1. The van der Waals surface area contributed by atoms with Crippen molar-refractivity contribution in [3.63, 3.8) is 0 Å². The van der Waals surface area contributed by atoms with Gasteiger partial charge in [0, 0.05) is 18.1 Å². The molecule has 10 heteroatoms. The Morgan fingerprint density at radius 1 is 1.31 bits per heavy atom. The van der Waals surface area contributed by atoms with Crippen LogP contribution >= 0.6 is 11.6 Å². The Bertz CT molecular complexity index is 781. The van der Waals surface area contributed by atoms with Gasteiger partial charge in [0.2, 0.25) is 0 Å². The van der Waals surface area contributed by atoms with Crippen molar-refractivity contribution >= 4 is 23.3 Å². The minimum atomic E-state index is -1.23. The molecule has 26 heavy (non-hydrogen) atoms. The van der Waals surface area contributed by atoms with Gasteiger partial charge in [-0.1, -0.05) is 23.7 Å². The van der Waals surface area contributed by atoms with Crippen LogP contribution in [0.5, 0.6) is 0 Å². The Morgan fingerprint density at radius 2 is 2.00 bits per heavy atom. The van der Waals surface area contributed by atoms with E-state index in [1.807, 2.05) is 12.1 Å². The summed E-state index contributed by atoms with van der Waals surface area (Å²) in [7, 11) is 0. The fourth-order valence-electron chi connectivity index (χ4n) is 2.85. The summed E-state index contributed by atoms with van der Waals surface area (Å²) in [4.78, 5) is 15.1. The fourth-order valence-corrected chi connectivity index (χ4v) is 2.98. The molecule has 1 amide bonds. The molecule has 0 radical (unpaired) electrons. The first-order valence-electron chi connectivity index (χ1n) is 7.97. The number of nitrogen functional groups attached to an aromatic ring is 1. The van der Waals surface area contributed by atoms with E-state index in [-0.39, 0.29) is 11.5 Å². The third-order valence-electron chi connectivity index (χ3n) is 4.26. The van der Waals surface area contributed by atoms with Crippen LogP contribution in [-0.4, -0.2) is 50.5 Å². The number of carbonyl (C=O) groups excluding carboxylic acids is 1. The Balaban J connectivity index is 1.62. The molecule has 0 aliphatic carbocycles. The van der Waals surface area contributed by atoms with Gasteiger partial charge in [0.1, 0.15) is 24.1 Å². The van der Waals surface area contributed by atoms with Gasteiger partial charge in [0.25, 0.3) is 5.91 Å². The average molecular weight is 382 g/mol. The monoisotopic (exact) mass is 381 g/mol. The number of halogens is 1. The number of aromatic nitrogens is 2. The van der Waals surface area contributed by atoms with E-state index in [0.29, 0.717) is 18.1 Å². The van der Waals surface area contributed by atoms with Gasteiger partial charge in [-0.25, -0.2) is 4.98 Å². The number of rotatable bonds is 6. The van der Waals surface area contributed by atoms with Crippen molar-refractivity contribution in [2.45, 2.75) is 31.1 Å². The van der Waals surface area contributed by atoms with E-state index in [9.17, 15) is 15.0 Å². The number of nitrogens with zero attached hydrogens (tertiary/aromatic N) is 2. The highest BCUT2D eigenvalue weighted by atomic mass is 35.5. The Kier molecular flexibility index (Phi) is 5.44. The van der Waals surface area contributed by atoms with E-state index in [0.717, 1.165) is 5.56 Å². The van der Waals surface area contributed by atoms with Crippen molar-refractivity contribution in [2.75, 3.05) is 12.3 Å². The van der Waals surface area contributed by atoms with Crippen LogP contribution in [0, 0.1) is 0 Å². The zero-order chi connectivity index (χ0) is 18.8. The Morgan fingerprint density at radius 3 is 2.62 bits per heavy atom. The molecule has 7 N–H and O–H groups in total. The lowest BCUT2D eigenvalue weighted by molar-refractivity contribution is -0.0351. The zero-order valence-electron chi connectivity index (χ0n) is 13.7. The summed E-state index contributed by atoms with van der Waals surface area (Å²) >= 11 is 5.84. The molecule has 0 bridgehead atoms. The van der Waals surface area contributed by atoms with Crippen LogP contribution in [0.2, 0.25) is 5.02 Å². The first-order chi connectivity index (χ1) is 12.4. The molecule has 4 atom stereocenters. The van der Waals surface area contributed by atoms with Crippen molar-refractivity contribution < 1.29 is 19.7 Å². The topological polar surface area (TPSA) is 149 Å². The molecule has 0 unspecified atom stereocenters. The van der Waals surface area contributed by atoms with Crippen LogP contribution < -0.4 is 16.8 Å². The Labute approximate surface area is 154 Å². The summed E-state index contributed by atoms with van der Waals surface area (Å²) in [5.74, 6) is -0.806. The molecule has 2 aromatic rings. The second kappa shape index (κ2) is 7.60. The summed E-state index contributed by atoms with van der Waals surface area (Å²) in [6, 6.07) is 7.35. The van der Waals surface area contributed by atoms with E-state index >= 15 is 0 Å². The molecular formula is C16H20ClN5O4. The van der Waals surface area contributed by atoms with E-state index in [2.05, 4.69) is 10.3 Å². The summed E-state index contributed by atoms with van der Waals surface area (Å²) in [6.07, 6.45) is -2.74. The van der Waals surface area contributed by atoms with Gasteiger partial charge in [0.15, 0.2) is 11.9 Å². The van der Waals surface area contributed by atoms with Gasteiger partial charge in [-0.3, -0.25) is 9.36 Å². The van der Waals surface area contributed by atoms with Crippen molar-refractivity contribution in [2.24, 2.45) is 5.73 Å². The molecule has 1 aromatic heterocycles. The third-order valence-corrected chi connectivity index (χ3v) is 4.52. The predicted molar refractivity (Wildman–Crippen MR) is 94.2 cm³/mol. The SMILES string of the molecule is NC(=O)c1ncn([C@@H]2O[C@H](CNCc3ccc(Cl)cc3)[C@@H](O)[C@H]2O)c1N. The van der Waals surface area contributed by atoms with Crippen LogP contribution in [0.15, 0.2) is 30.6 Å². The highest BCUT2D eigenvalue weighted by Gasteiger charge is 2.44. The largest absolute Gasteiger partial charge is 0.387 e. The first kappa shape index (κ1) is 18.6. The smallest absolute Gasteiger partial charge is 0.271 e. The molecule has 9 nitrogen and oxygen atoms in total. The molecule has 3 rings (SSSR count). The van der Waals surface area contributed by atoms with Gasteiger partial charge in [0.05, 0.1) is 6.33 Å². The van der Waals surface area contributed by atoms with Gasteiger partial charge in [-0.2, -0.15) is 0 Å². The molecule has 1 saturated heterocycles. The number of hydrogen-bond donors (Lipinski definition) is 5. The van der Waals surface area contributed by atoms with E-state index < -0.39 is 30.4 Å². The molecule has 1 aliphatic heterocycles. The molecule has 140 valence electrons. The number of benzene rings is 1. The van der Waals surface area contributed by atoms with E-state index in [1.165, 1.54) is 10.9 Å². The van der Waals surface area contributed by atoms with Crippen molar-refractivity contribution in [3.8, 4) is 0 Å². The number of primary amides is 1. The minimum Gasteiger partial charge on any atom is -0.387 e. The second-order valence-electron chi connectivity index (χ2n) is 6.05. The summed E-state index contributed by atoms with van der Waals surface area (Å²) in [5, 5.41) is 24.3. The maximum Gasteiger partial charge on any atom is 0.271 e. The molecule has 0 saturated carbocycles. The van der Waals surface area contributed by atoms with Crippen LogP contribution in [0.3, 0.4) is 0 Å². The van der Waals surface area contributed by atoms with Gasteiger partial charge >= 0.3 is 0 Å². The number of ether oxygens (including phenoxy) is 1. The summed E-state index contributed by atoms with van der Waals surface area (Å²) in [6.45, 7) is 0.845. The molecule has 1 aromatic carbocycles. The number of carbonyl (C=O) groups is 1. The standard InChI is InChI=1S/C16H20ClN5O4/c17-9-3-1-8(2-4-9)5-20-6-10-12(23)13(24)16(26-10)22-7-21-11(14(22)18)15(19)25/h1-4,7,10,12-13,16,20,23-24H,5-6,18H2,(H2,19,25)/t10-,12-,13-,16-/m1/s1. The van der Waals surface area contributed by atoms with Gasteiger partial charge < -0.3 is 31.7 Å². The normalized spacial score (nSPS) is 25.5. The number of amides is 1. The van der Waals surface area contributed by atoms with Gasteiger partial charge in [-0.05, 0) is 17.7 Å². The third kappa shape index (κ3) is 3.67. The summed E-state index contributed by atoms with van der Waals surface area (Å²) < 4.78 is 7.00. The minimum absolute atomic E-state index is 0.0245. The number of nitrogens with one attached hydrogen (secondary N) is 1. The van der Waals surface area contributed by atoms with Crippen LogP contribution in [-0.2, 0) is 11.3 Å². The number of aliphatic hydroxyl groups excluding tert-OH is 2. The number of hydrogen-bond acceptors (Lipinski definition) is 7. The van der Waals surface area contributed by atoms with E-state index in [1.54, 1.807) is 12.1 Å². The lowest BCUT2D eigenvalue weighted by Gasteiger charge is -2.17. The Hall–Kier alpha value is -2.17. The van der Waals surface area contributed by atoms with Crippen molar-refractivity contribution in [1.29, 1.82) is 0 Å². The maximum atomic E-state index is 11.3. The van der Waals surface area contributed by atoms with Gasteiger partial charge in [-0.15, -0.1) is 0 Å². The number of nitrogens with two attached hydrogens (primary N) is 2. The molecule has 1 aliphatic rings. The fraction of sp³-hybridized carbons (Fsp3) is 0.375. The lowest BCUT2D eigenvalue weighted by atomic mass is 10.1. The van der Waals surface area contributed by atoms with Crippen LogP contribution in [0.25, 0.3) is 0 Å². The van der Waals surface area contributed by atoms with Crippen LogP contribution in [0.4, 0.5) is 5.82 Å². The van der Waals surface area contributed by atoms with Crippen molar-refractivity contribution in [3.05, 3.63) is 46.9 Å². The molecule has 2 heterocycles. The maximum absolute atomic E-state index is 11.3. The molecule has 0 spiro atoms. The highest BCUT2D eigenvalue weighted by molar-refractivity contribution is 6.30. The number of anilines is 1. The summed E-state index contributed by atoms with van der Waals surface area (Å²) in [5.41, 5.74) is 11.9. The quantitative estimate of drug-likeness (QED) is 0.458. The highest BCUT2D eigenvalue weighted by Crippen LogP contribution is 2.31. The lowest BCUT2D eigenvalue weighted by Crippen LogP contribution is -2.37. The average Bonchev–Trinajstić information content (AvgIpc) is 3.11. The second-order valence-corrected chi connectivity index (χ2v) is 6.49. The van der Waals surface area contributed by atoms with E-state index in [4.69, 9.17) is 27.8 Å². The van der Waals surface area contributed by atoms with Crippen LogP contribution in [0.1, 0.15) is 22.3 Å². The zero-order valence-corrected chi connectivity index (χ0v) is 14.5. The van der Waals surface area contributed by atoms with Crippen molar-refractivity contribution in [1.82, 2.24) is 14.9 Å². The molecular weight excluding hydrogens is 362 g/mol. The predicted octanol–water partition coefficient (Wildman–Crippen LogP) is -0.373. The molecule has 1 fully saturated rings.